The van der Waals surface area contributed by atoms with E-state index in [4.69, 9.17) is 18.9 Å². The van der Waals surface area contributed by atoms with Crippen LogP contribution in [0.1, 0.15) is 174 Å². The maximum atomic E-state index is 12.7. The molecule has 6 atom stereocenters. The number of ether oxygens (including phenoxy) is 4. The molecule has 6 unspecified atom stereocenters. The van der Waals surface area contributed by atoms with Gasteiger partial charge in [-0.25, -0.2) is 0 Å². The molecule has 1 heterocycles. The van der Waals surface area contributed by atoms with Crippen LogP contribution < -0.4 is 0 Å². The lowest BCUT2D eigenvalue weighted by Gasteiger charge is -2.40. The van der Waals surface area contributed by atoms with E-state index in [0.717, 1.165) is 57.8 Å². The number of rotatable bonds is 34. The molecule has 0 spiro atoms. The molecule has 0 aliphatic carbocycles. The molecule has 1 saturated heterocycles. The third-order valence-electron chi connectivity index (χ3n) is 9.60. The third kappa shape index (κ3) is 26.8. The summed E-state index contributed by atoms with van der Waals surface area (Å²) in [6.45, 7) is 3.70. The Hall–Kier alpha value is -1.61. The van der Waals surface area contributed by atoms with Crippen molar-refractivity contribution in [3.63, 3.8) is 0 Å². The van der Waals surface area contributed by atoms with Gasteiger partial charge >= 0.3 is 11.9 Å². The Morgan fingerprint density at radius 3 is 1.62 bits per heavy atom. The van der Waals surface area contributed by atoms with E-state index < -0.39 is 71.2 Å². The van der Waals surface area contributed by atoms with Crippen LogP contribution in [-0.4, -0.2) is 96.0 Å². The molecule has 0 saturated carbocycles. The average Bonchev–Trinajstić information content (AvgIpc) is 3.12. The van der Waals surface area contributed by atoms with Crippen LogP contribution in [0.5, 0.6) is 0 Å². The van der Waals surface area contributed by atoms with Crippen LogP contribution in [0.4, 0.5) is 0 Å². The van der Waals surface area contributed by atoms with E-state index >= 15 is 0 Å². The van der Waals surface area contributed by atoms with Crippen LogP contribution in [0.2, 0.25) is 0 Å². The number of unbranched alkanes of at least 4 members (excludes halogenated alkanes) is 20. The average molecular weight is 779 g/mol. The van der Waals surface area contributed by atoms with Crippen molar-refractivity contribution in [3.05, 3.63) is 12.2 Å². The molecule has 53 heavy (non-hydrogen) atoms. The van der Waals surface area contributed by atoms with Gasteiger partial charge in [0.1, 0.15) is 36.8 Å². The summed E-state index contributed by atoms with van der Waals surface area (Å²) in [5.41, 5.74) is 0. The van der Waals surface area contributed by atoms with Crippen LogP contribution in [0.25, 0.3) is 0 Å². The summed E-state index contributed by atoms with van der Waals surface area (Å²) >= 11 is 0. The Labute approximate surface area is 320 Å². The minimum absolute atomic E-state index is 0.157. The quantitative estimate of drug-likeness (QED) is 0.0219. The Balaban J connectivity index is 2.48. The molecule has 4 N–H and O–H groups in total. The Kier molecular flexibility index (Phi) is 29.4. The molecule has 1 aliphatic heterocycles. The summed E-state index contributed by atoms with van der Waals surface area (Å²) in [4.78, 5) is 25.3. The molecule has 1 fully saturated rings. The highest BCUT2D eigenvalue weighted by atomic mass is 32.2. The van der Waals surface area contributed by atoms with Gasteiger partial charge in [0.2, 0.25) is 0 Å². The molecule has 0 aromatic heterocycles. The molecule has 0 bridgehead atoms. The van der Waals surface area contributed by atoms with Gasteiger partial charge in [-0.05, 0) is 32.1 Å². The molecular weight excluding hydrogens is 704 g/mol. The standard InChI is InChI=1S/C40H74O12S/c1-3-5-7-9-11-13-15-16-17-19-20-22-24-26-28-35(41)49-30-33(51-36(42)29-27-25-23-21-18-14-12-10-8-6-4-2)31-50-40-39(45)38(44)37(43)34(52-40)32-53(46,47)48/h10,12,33-34,37-40,43-45H,3-9,11,13-32H2,1-2H3,(H,46,47,48)/b12-10-. The van der Waals surface area contributed by atoms with Crippen molar-refractivity contribution in [2.75, 3.05) is 19.0 Å². The van der Waals surface area contributed by atoms with E-state index in [-0.39, 0.29) is 19.4 Å². The first-order chi connectivity index (χ1) is 25.5. The molecule has 0 amide bonds. The molecular formula is C40H74O12S. The fraction of sp³-hybridized carbons (Fsp3) is 0.900. The highest BCUT2D eigenvalue weighted by molar-refractivity contribution is 7.85. The van der Waals surface area contributed by atoms with Crippen molar-refractivity contribution < 1.29 is 56.8 Å². The monoisotopic (exact) mass is 778 g/mol. The topological polar surface area (TPSA) is 186 Å². The van der Waals surface area contributed by atoms with Crippen molar-refractivity contribution in [2.24, 2.45) is 0 Å². The number of hydrogen-bond acceptors (Lipinski definition) is 11. The molecule has 1 rings (SSSR count). The first kappa shape index (κ1) is 49.4. The minimum Gasteiger partial charge on any atom is -0.462 e. The summed E-state index contributed by atoms with van der Waals surface area (Å²) < 4.78 is 53.9. The second kappa shape index (κ2) is 31.6. The van der Waals surface area contributed by atoms with Gasteiger partial charge in [-0.1, -0.05) is 142 Å². The summed E-state index contributed by atoms with van der Waals surface area (Å²) in [6.07, 6.45) is 21.3. The molecule has 13 heteroatoms. The first-order valence-corrected chi connectivity index (χ1v) is 22.4. The largest absolute Gasteiger partial charge is 0.462 e. The summed E-state index contributed by atoms with van der Waals surface area (Å²) in [7, 11) is -4.59. The van der Waals surface area contributed by atoms with Gasteiger partial charge in [0.05, 0.1) is 6.61 Å². The third-order valence-corrected chi connectivity index (χ3v) is 10.3. The smallest absolute Gasteiger partial charge is 0.306 e. The second-order valence-corrected chi connectivity index (χ2v) is 16.2. The lowest BCUT2D eigenvalue weighted by atomic mass is 10.00. The van der Waals surface area contributed by atoms with Crippen LogP contribution in [0.3, 0.4) is 0 Å². The van der Waals surface area contributed by atoms with Crippen molar-refractivity contribution in [1.29, 1.82) is 0 Å². The highest BCUT2D eigenvalue weighted by Crippen LogP contribution is 2.24. The van der Waals surface area contributed by atoms with Gasteiger partial charge in [-0.3, -0.25) is 14.1 Å². The number of aliphatic hydroxyl groups is 3. The molecule has 12 nitrogen and oxygen atoms in total. The van der Waals surface area contributed by atoms with E-state index in [1.54, 1.807) is 0 Å². The van der Waals surface area contributed by atoms with Crippen molar-refractivity contribution in [3.8, 4) is 0 Å². The van der Waals surface area contributed by atoms with Crippen LogP contribution in [0, 0.1) is 0 Å². The maximum absolute atomic E-state index is 12.7. The fourth-order valence-corrected chi connectivity index (χ4v) is 7.00. The molecule has 312 valence electrons. The zero-order chi connectivity index (χ0) is 39.2. The normalized spacial score (nSPS) is 21.2. The minimum atomic E-state index is -4.59. The molecule has 0 aromatic rings. The molecule has 0 radical (unpaired) electrons. The van der Waals surface area contributed by atoms with E-state index in [9.17, 15) is 37.9 Å². The van der Waals surface area contributed by atoms with Crippen molar-refractivity contribution in [2.45, 2.75) is 211 Å². The van der Waals surface area contributed by atoms with Crippen LogP contribution in [0.15, 0.2) is 12.2 Å². The highest BCUT2D eigenvalue weighted by Gasteiger charge is 2.46. The number of carbonyl (C=O) groups is 2. The van der Waals surface area contributed by atoms with Crippen molar-refractivity contribution >= 4 is 22.1 Å². The predicted octanol–water partition coefficient (Wildman–Crippen LogP) is 7.50. The zero-order valence-corrected chi connectivity index (χ0v) is 33.7. The second-order valence-electron chi connectivity index (χ2n) is 14.7. The van der Waals surface area contributed by atoms with E-state index in [1.807, 2.05) is 0 Å². The number of allylic oxidation sites excluding steroid dienone is 2. The first-order valence-electron chi connectivity index (χ1n) is 20.7. The number of esters is 2. The Morgan fingerprint density at radius 1 is 0.623 bits per heavy atom. The SMILES string of the molecule is CCCC/C=C\CCCCCCCC(=O)OC(COC(=O)CCCCCCCCCCCCCCCC)COC1OC(CS(=O)(=O)O)C(O)C(O)C1O. The van der Waals surface area contributed by atoms with Crippen LogP contribution in [-0.2, 0) is 38.7 Å². The van der Waals surface area contributed by atoms with Gasteiger partial charge in [0.25, 0.3) is 10.1 Å². The summed E-state index contributed by atoms with van der Waals surface area (Å²) in [5, 5.41) is 30.8. The number of carbonyl (C=O) groups excluding carboxylic acids is 2. The zero-order valence-electron chi connectivity index (χ0n) is 32.9. The van der Waals surface area contributed by atoms with Gasteiger partial charge in [-0.15, -0.1) is 0 Å². The Bertz CT molecular complexity index is 1050. The summed E-state index contributed by atoms with van der Waals surface area (Å²) in [5.74, 6) is -1.99. The van der Waals surface area contributed by atoms with Crippen LogP contribution >= 0.6 is 0 Å². The Morgan fingerprint density at radius 2 is 1.09 bits per heavy atom. The van der Waals surface area contributed by atoms with Crippen molar-refractivity contribution in [1.82, 2.24) is 0 Å². The van der Waals surface area contributed by atoms with Gasteiger partial charge in [0.15, 0.2) is 12.4 Å². The summed E-state index contributed by atoms with van der Waals surface area (Å²) in [6, 6.07) is 0. The van der Waals surface area contributed by atoms with Gasteiger partial charge in [-0.2, -0.15) is 8.42 Å². The van der Waals surface area contributed by atoms with Gasteiger partial charge in [0, 0.05) is 12.8 Å². The number of aliphatic hydroxyl groups excluding tert-OH is 3. The van der Waals surface area contributed by atoms with Gasteiger partial charge < -0.3 is 34.3 Å². The maximum Gasteiger partial charge on any atom is 0.306 e. The van der Waals surface area contributed by atoms with E-state index in [1.165, 1.54) is 77.0 Å². The van der Waals surface area contributed by atoms with E-state index in [2.05, 4.69) is 26.0 Å². The lowest BCUT2D eigenvalue weighted by molar-refractivity contribution is -0.297. The van der Waals surface area contributed by atoms with E-state index in [0.29, 0.717) is 12.8 Å². The predicted molar refractivity (Wildman–Crippen MR) is 206 cm³/mol. The fourth-order valence-electron chi connectivity index (χ4n) is 6.30. The molecule has 0 aromatic carbocycles. The number of hydrogen-bond donors (Lipinski definition) is 4. The molecule has 1 aliphatic rings. The lowest BCUT2D eigenvalue weighted by Crippen LogP contribution is -2.60.